The zero-order valence-electron chi connectivity index (χ0n) is 15.2. The van der Waals surface area contributed by atoms with E-state index < -0.39 is 5.60 Å². The molecular formula is C19H29NO4. The molecule has 1 amide bonds. The van der Waals surface area contributed by atoms with Crippen LogP contribution in [0.5, 0.6) is 5.75 Å². The van der Waals surface area contributed by atoms with Gasteiger partial charge >= 0.3 is 6.09 Å². The minimum Gasteiger partial charge on any atom is -0.494 e. The van der Waals surface area contributed by atoms with Crippen LogP contribution >= 0.6 is 0 Å². The molecule has 1 atom stereocenters. The van der Waals surface area contributed by atoms with Gasteiger partial charge in [0.25, 0.3) is 0 Å². The van der Waals surface area contributed by atoms with E-state index in [9.17, 15) is 4.79 Å². The monoisotopic (exact) mass is 335 g/mol. The zero-order chi connectivity index (χ0) is 17.6. The number of nitrogens with zero attached hydrogens (tertiary/aromatic N) is 1. The molecular weight excluding hydrogens is 306 g/mol. The topological polar surface area (TPSA) is 48.0 Å². The first kappa shape index (κ1) is 18.6. The molecule has 0 N–H and O–H groups in total. The Morgan fingerprint density at radius 2 is 1.92 bits per heavy atom. The fraction of sp³-hybridized carbons (Fsp3) is 0.632. The first-order valence-electron chi connectivity index (χ1n) is 8.57. The maximum atomic E-state index is 12.1. The van der Waals surface area contributed by atoms with Crippen molar-refractivity contribution in [2.24, 2.45) is 0 Å². The van der Waals surface area contributed by atoms with Gasteiger partial charge < -0.3 is 19.1 Å². The van der Waals surface area contributed by atoms with Gasteiger partial charge in [0.05, 0.1) is 25.4 Å². The number of para-hydroxylation sites is 1. The van der Waals surface area contributed by atoms with Crippen LogP contribution in [0.3, 0.4) is 0 Å². The average molecular weight is 335 g/mol. The van der Waals surface area contributed by atoms with E-state index in [1.807, 2.05) is 51.1 Å². The smallest absolute Gasteiger partial charge is 0.410 e. The molecule has 134 valence electrons. The number of likely N-dealkylation sites (tertiary alicyclic amines) is 1. The molecule has 0 aromatic heterocycles. The second-order valence-corrected chi connectivity index (χ2v) is 7.47. The fourth-order valence-corrected chi connectivity index (χ4v) is 2.62. The molecule has 1 saturated heterocycles. The van der Waals surface area contributed by atoms with Gasteiger partial charge in [-0.15, -0.1) is 0 Å². The molecule has 1 aromatic rings. The predicted octanol–water partition coefficient (Wildman–Crippen LogP) is 3.87. The van der Waals surface area contributed by atoms with Crippen molar-refractivity contribution in [3.8, 4) is 5.75 Å². The molecule has 2 rings (SSSR count). The molecule has 0 aliphatic carbocycles. The van der Waals surface area contributed by atoms with Crippen LogP contribution in [0.4, 0.5) is 4.79 Å². The number of benzene rings is 1. The number of carbonyl (C=O) groups excluding carboxylic acids is 1. The van der Waals surface area contributed by atoms with Crippen LogP contribution in [0.1, 0.15) is 40.5 Å². The first-order chi connectivity index (χ1) is 11.3. The predicted molar refractivity (Wildman–Crippen MR) is 93.3 cm³/mol. The fourth-order valence-electron chi connectivity index (χ4n) is 2.62. The number of hydrogen-bond acceptors (Lipinski definition) is 4. The number of amides is 1. The Morgan fingerprint density at radius 3 is 2.58 bits per heavy atom. The lowest BCUT2D eigenvalue weighted by molar-refractivity contribution is -0.0307. The number of carbonyl (C=O) groups is 1. The van der Waals surface area contributed by atoms with Crippen LogP contribution in [-0.2, 0) is 9.47 Å². The summed E-state index contributed by atoms with van der Waals surface area (Å²) in [5.41, 5.74) is -0.768. The minimum absolute atomic E-state index is 0.262. The standard InChI is InChI=1S/C19H29NO4/c1-18(2,3)24-17(21)20-12-11-19(4,15-20)23-14-8-13-22-16-9-6-5-7-10-16/h5-7,9-10H,8,11-15H2,1-4H3. The Kier molecular flexibility index (Phi) is 6.10. The van der Waals surface area contributed by atoms with Crippen LogP contribution in [0.25, 0.3) is 0 Å². The summed E-state index contributed by atoms with van der Waals surface area (Å²) < 4.78 is 17.1. The third kappa shape index (κ3) is 6.04. The molecule has 1 aromatic carbocycles. The molecule has 0 radical (unpaired) electrons. The van der Waals surface area contributed by atoms with Gasteiger partial charge in [-0.25, -0.2) is 4.79 Å². The summed E-state index contributed by atoms with van der Waals surface area (Å²) in [6.07, 6.45) is 1.38. The third-order valence-electron chi connectivity index (χ3n) is 3.84. The lowest BCUT2D eigenvalue weighted by Crippen LogP contribution is -2.39. The van der Waals surface area contributed by atoms with Crippen molar-refractivity contribution >= 4 is 6.09 Å². The van der Waals surface area contributed by atoms with E-state index in [0.717, 1.165) is 18.6 Å². The van der Waals surface area contributed by atoms with Crippen LogP contribution in [0.2, 0.25) is 0 Å². The largest absolute Gasteiger partial charge is 0.494 e. The molecule has 1 fully saturated rings. The molecule has 0 saturated carbocycles. The number of rotatable bonds is 6. The molecule has 5 heteroatoms. The van der Waals surface area contributed by atoms with E-state index in [2.05, 4.69) is 6.92 Å². The van der Waals surface area contributed by atoms with Crippen LogP contribution in [0.15, 0.2) is 30.3 Å². The molecule has 1 heterocycles. The second kappa shape index (κ2) is 7.88. The molecule has 1 aliphatic rings. The quantitative estimate of drug-likeness (QED) is 0.741. The minimum atomic E-state index is -0.467. The summed E-state index contributed by atoms with van der Waals surface area (Å²) in [7, 11) is 0. The average Bonchev–Trinajstić information content (AvgIpc) is 2.89. The van der Waals surface area contributed by atoms with E-state index in [1.54, 1.807) is 4.90 Å². The molecule has 1 unspecified atom stereocenters. The summed E-state index contributed by atoms with van der Waals surface area (Å²) in [6, 6.07) is 9.76. The third-order valence-corrected chi connectivity index (χ3v) is 3.84. The van der Waals surface area contributed by atoms with Crippen molar-refractivity contribution in [3.05, 3.63) is 30.3 Å². The highest BCUT2D eigenvalue weighted by Crippen LogP contribution is 2.26. The van der Waals surface area contributed by atoms with Crippen molar-refractivity contribution in [2.45, 2.75) is 51.7 Å². The second-order valence-electron chi connectivity index (χ2n) is 7.47. The lowest BCUT2D eigenvalue weighted by Gasteiger charge is -2.27. The maximum absolute atomic E-state index is 12.1. The highest BCUT2D eigenvalue weighted by Gasteiger charge is 2.38. The van der Waals surface area contributed by atoms with E-state index in [4.69, 9.17) is 14.2 Å². The number of ether oxygens (including phenoxy) is 3. The first-order valence-corrected chi connectivity index (χ1v) is 8.57. The van der Waals surface area contributed by atoms with Gasteiger partial charge in [-0.3, -0.25) is 0 Å². The van der Waals surface area contributed by atoms with E-state index in [0.29, 0.717) is 26.3 Å². The van der Waals surface area contributed by atoms with Gasteiger partial charge in [-0.1, -0.05) is 18.2 Å². The van der Waals surface area contributed by atoms with Crippen LogP contribution in [-0.4, -0.2) is 48.5 Å². The summed E-state index contributed by atoms with van der Waals surface area (Å²) >= 11 is 0. The van der Waals surface area contributed by atoms with Gasteiger partial charge in [0.1, 0.15) is 11.4 Å². The molecule has 1 aliphatic heterocycles. The highest BCUT2D eigenvalue weighted by atomic mass is 16.6. The van der Waals surface area contributed by atoms with Crippen molar-refractivity contribution in [1.82, 2.24) is 4.90 Å². The summed E-state index contributed by atoms with van der Waals surface area (Å²) in [4.78, 5) is 13.8. The summed E-state index contributed by atoms with van der Waals surface area (Å²) in [6.45, 7) is 10.2. The maximum Gasteiger partial charge on any atom is 0.410 e. The van der Waals surface area contributed by atoms with Crippen molar-refractivity contribution in [1.29, 1.82) is 0 Å². The highest BCUT2D eigenvalue weighted by molar-refractivity contribution is 5.68. The Labute approximate surface area is 144 Å². The molecule has 24 heavy (non-hydrogen) atoms. The van der Waals surface area contributed by atoms with Crippen molar-refractivity contribution in [3.63, 3.8) is 0 Å². The molecule has 5 nitrogen and oxygen atoms in total. The zero-order valence-corrected chi connectivity index (χ0v) is 15.2. The van der Waals surface area contributed by atoms with E-state index in [-0.39, 0.29) is 11.7 Å². The van der Waals surface area contributed by atoms with Crippen LogP contribution < -0.4 is 4.74 Å². The SMILES string of the molecule is CC(C)(C)OC(=O)N1CCC(C)(OCCCOc2ccccc2)C1. The van der Waals surface area contributed by atoms with Gasteiger partial charge in [0.2, 0.25) is 0 Å². The Bertz CT molecular complexity index is 526. The molecule has 0 spiro atoms. The summed E-state index contributed by atoms with van der Waals surface area (Å²) in [5, 5.41) is 0. The Hall–Kier alpha value is -1.75. The molecule has 0 bridgehead atoms. The Balaban J connectivity index is 1.67. The normalized spacial score (nSPS) is 20.9. The van der Waals surface area contributed by atoms with Crippen LogP contribution in [0, 0.1) is 0 Å². The lowest BCUT2D eigenvalue weighted by atomic mass is 10.1. The summed E-state index contributed by atoms with van der Waals surface area (Å²) in [5.74, 6) is 0.876. The van der Waals surface area contributed by atoms with Gasteiger partial charge in [0, 0.05) is 13.0 Å². The van der Waals surface area contributed by atoms with Crippen molar-refractivity contribution < 1.29 is 19.0 Å². The van der Waals surface area contributed by atoms with E-state index >= 15 is 0 Å². The van der Waals surface area contributed by atoms with Gasteiger partial charge in [0.15, 0.2) is 0 Å². The van der Waals surface area contributed by atoms with E-state index in [1.165, 1.54) is 0 Å². The number of hydrogen-bond donors (Lipinski definition) is 0. The Morgan fingerprint density at radius 1 is 1.21 bits per heavy atom. The van der Waals surface area contributed by atoms with Crippen molar-refractivity contribution in [2.75, 3.05) is 26.3 Å². The van der Waals surface area contributed by atoms with Gasteiger partial charge in [-0.2, -0.15) is 0 Å². The van der Waals surface area contributed by atoms with Gasteiger partial charge in [-0.05, 0) is 46.2 Å².